The van der Waals surface area contributed by atoms with E-state index in [-0.39, 0.29) is 21.8 Å². The SMILES string of the molecule is CC(C)(C)c1ccc(C(=O)NC(=S)Nc2ccc(C3(C#N)CCCC3)cc2)cc1. The summed E-state index contributed by atoms with van der Waals surface area (Å²) in [5.41, 5.74) is 3.26. The van der Waals surface area contributed by atoms with E-state index in [1.807, 2.05) is 48.5 Å². The van der Waals surface area contributed by atoms with Gasteiger partial charge in [0.25, 0.3) is 5.91 Å². The Kier molecular flexibility index (Phi) is 6.04. The summed E-state index contributed by atoms with van der Waals surface area (Å²) < 4.78 is 0. The van der Waals surface area contributed by atoms with E-state index in [9.17, 15) is 10.1 Å². The maximum Gasteiger partial charge on any atom is 0.257 e. The topological polar surface area (TPSA) is 64.9 Å². The molecule has 0 aromatic heterocycles. The van der Waals surface area contributed by atoms with Gasteiger partial charge in [-0.3, -0.25) is 10.1 Å². The van der Waals surface area contributed by atoms with E-state index in [1.165, 1.54) is 5.56 Å². The first kappa shape index (κ1) is 21.0. The van der Waals surface area contributed by atoms with Gasteiger partial charge in [0.2, 0.25) is 0 Å². The number of amides is 1. The maximum atomic E-state index is 12.4. The smallest absolute Gasteiger partial charge is 0.257 e. The van der Waals surface area contributed by atoms with Gasteiger partial charge in [-0.1, -0.05) is 57.9 Å². The van der Waals surface area contributed by atoms with Gasteiger partial charge in [0, 0.05) is 11.3 Å². The molecular formula is C24H27N3OS. The lowest BCUT2D eigenvalue weighted by Gasteiger charge is -2.21. The zero-order valence-corrected chi connectivity index (χ0v) is 18.0. The molecule has 2 aromatic rings. The molecule has 0 heterocycles. The van der Waals surface area contributed by atoms with Gasteiger partial charge >= 0.3 is 0 Å². The third kappa shape index (κ3) is 4.83. The fourth-order valence-corrected chi connectivity index (χ4v) is 3.99. The third-order valence-electron chi connectivity index (χ3n) is 5.61. The highest BCUT2D eigenvalue weighted by molar-refractivity contribution is 7.80. The van der Waals surface area contributed by atoms with Crippen molar-refractivity contribution in [2.45, 2.75) is 57.3 Å². The van der Waals surface area contributed by atoms with Crippen LogP contribution in [-0.4, -0.2) is 11.0 Å². The molecule has 1 aliphatic rings. The number of nitriles is 1. The molecule has 0 radical (unpaired) electrons. The number of nitrogens with one attached hydrogen (secondary N) is 2. The minimum atomic E-state index is -0.355. The second-order valence-corrected chi connectivity index (χ2v) is 9.12. The predicted octanol–water partition coefficient (Wildman–Crippen LogP) is 5.45. The monoisotopic (exact) mass is 405 g/mol. The van der Waals surface area contributed by atoms with Gasteiger partial charge in [0.1, 0.15) is 0 Å². The Hall–Kier alpha value is -2.71. The zero-order chi connectivity index (χ0) is 21.1. The largest absolute Gasteiger partial charge is 0.332 e. The van der Waals surface area contributed by atoms with Crippen molar-refractivity contribution in [2.24, 2.45) is 0 Å². The Morgan fingerprint density at radius 3 is 2.14 bits per heavy atom. The predicted molar refractivity (Wildman–Crippen MR) is 121 cm³/mol. The maximum absolute atomic E-state index is 12.4. The third-order valence-corrected chi connectivity index (χ3v) is 5.81. The molecule has 1 saturated carbocycles. The summed E-state index contributed by atoms with van der Waals surface area (Å²) in [4.78, 5) is 12.4. The molecule has 2 aromatic carbocycles. The van der Waals surface area contributed by atoms with Crippen LogP contribution in [0, 0.1) is 11.3 Å². The zero-order valence-electron chi connectivity index (χ0n) is 17.2. The van der Waals surface area contributed by atoms with Crippen LogP contribution in [0.1, 0.15) is 67.9 Å². The van der Waals surface area contributed by atoms with Crippen LogP contribution >= 0.6 is 12.2 Å². The van der Waals surface area contributed by atoms with Crippen LogP contribution in [0.4, 0.5) is 5.69 Å². The molecule has 4 nitrogen and oxygen atoms in total. The van der Waals surface area contributed by atoms with Gasteiger partial charge in [-0.05, 0) is 65.9 Å². The molecule has 0 unspecified atom stereocenters. The summed E-state index contributed by atoms with van der Waals surface area (Å²) in [6.45, 7) is 6.41. The molecule has 1 fully saturated rings. The Labute approximate surface area is 178 Å². The van der Waals surface area contributed by atoms with Crippen molar-refractivity contribution in [3.05, 3.63) is 65.2 Å². The Balaban J connectivity index is 1.60. The van der Waals surface area contributed by atoms with Crippen molar-refractivity contribution in [3.8, 4) is 6.07 Å². The standard InChI is InChI=1S/C24H27N3OS/c1-23(2,3)18-8-6-17(7-9-18)21(28)27-22(29)26-20-12-10-19(11-13-20)24(16-25)14-4-5-15-24/h6-13H,4-5,14-15H2,1-3H3,(H2,26,27,28,29). The summed E-state index contributed by atoms with van der Waals surface area (Å²) in [7, 11) is 0. The molecule has 1 aliphatic carbocycles. The van der Waals surface area contributed by atoms with Crippen molar-refractivity contribution >= 4 is 28.9 Å². The van der Waals surface area contributed by atoms with E-state index in [0.29, 0.717) is 5.56 Å². The van der Waals surface area contributed by atoms with Crippen LogP contribution in [-0.2, 0) is 10.8 Å². The molecule has 0 aliphatic heterocycles. The number of anilines is 1. The molecule has 29 heavy (non-hydrogen) atoms. The molecule has 3 rings (SSSR count). The highest BCUT2D eigenvalue weighted by atomic mass is 32.1. The van der Waals surface area contributed by atoms with E-state index in [2.05, 4.69) is 37.5 Å². The normalized spacial score (nSPS) is 15.4. The fourth-order valence-electron chi connectivity index (χ4n) is 3.78. The van der Waals surface area contributed by atoms with Gasteiger partial charge in [-0.2, -0.15) is 5.26 Å². The van der Waals surface area contributed by atoms with Gasteiger partial charge in [0.15, 0.2) is 5.11 Å². The number of nitrogens with zero attached hydrogens (tertiary/aromatic N) is 1. The van der Waals surface area contributed by atoms with Crippen LogP contribution in [0.2, 0.25) is 0 Å². The van der Waals surface area contributed by atoms with E-state index in [0.717, 1.165) is 36.9 Å². The van der Waals surface area contributed by atoms with Crippen molar-refractivity contribution in [1.29, 1.82) is 5.26 Å². The molecule has 150 valence electrons. The lowest BCUT2D eigenvalue weighted by Crippen LogP contribution is -2.34. The number of rotatable bonds is 3. The first-order valence-electron chi connectivity index (χ1n) is 9.98. The molecule has 0 spiro atoms. The van der Waals surface area contributed by atoms with Crippen molar-refractivity contribution in [2.75, 3.05) is 5.32 Å². The first-order chi connectivity index (χ1) is 13.7. The average molecular weight is 406 g/mol. The van der Waals surface area contributed by atoms with Gasteiger partial charge in [0.05, 0.1) is 11.5 Å². The van der Waals surface area contributed by atoms with Gasteiger partial charge in [-0.15, -0.1) is 0 Å². The van der Waals surface area contributed by atoms with Crippen molar-refractivity contribution in [3.63, 3.8) is 0 Å². The van der Waals surface area contributed by atoms with E-state index in [4.69, 9.17) is 12.2 Å². The van der Waals surface area contributed by atoms with Crippen LogP contribution in [0.25, 0.3) is 0 Å². The molecule has 1 amide bonds. The van der Waals surface area contributed by atoms with E-state index < -0.39 is 0 Å². The number of carbonyl (C=O) groups excluding carboxylic acids is 1. The number of thiocarbonyl (C=S) groups is 1. The number of benzene rings is 2. The van der Waals surface area contributed by atoms with Crippen molar-refractivity contribution < 1.29 is 4.79 Å². The highest BCUT2D eigenvalue weighted by Crippen LogP contribution is 2.40. The number of hydrogen-bond donors (Lipinski definition) is 2. The lowest BCUT2D eigenvalue weighted by molar-refractivity contribution is 0.0977. The summed E-state index contributed by atoms with van der Waals surface area (Å²) in [5, 5.41) is 15.6. The van der Waals surface area contributed by atoms with Crippen LogP contribution in [0.5, 0.6) is 0 Å². The number of carbonyl (C=O) groups is 1. The minimum absolute atomic E-state index is 0.0423. The Morgan fingerprint density at radius 2 is 1.62 bits per heavy atom. The summed E-state index contributed by atoms with van der Waals surface area (Å²) in [6.07, 6.45) is 4.03. The summed E-state index contributed by atoms with van der Waals surface area (Å²) in [6, 6.07) is 17.8. The molecule has 0 bridgehead atoms. The summed E-state index contributed by atoms with van der Waals surface area (Å²) in [5.74, 6) is -0.242. The number of hydrogen-bond acceptors (Lipinski definition) is 3. The second kappa shape index (κ2) is 8.34. The van der Waals surface area contributed by atoms with Crippen LogP contribution in [0.3, 0.4) is 0 Å². The molecule has 0 saturated heterocycles. The fraction of sp³-hybridized carbons (Fsp3) is 0.375. The average Bonchev–Trinajstić information content (AvgIpc) is 3.18. The van der Waals surface area contributed by atoms with E-state index in [1.54, 1.807) is 0 Å². The minimum Gasteiger partial charge on any atom is -0.332 e. The molecular weight excluding hydrogens is 378 g/mol. The van der Waals surface area contributed by atoms with Crippen molar-refractivity contribution in [1.82, 2.24) is 5.32 Å². The Bertz CT molecular complexity index is 928. The van der Waals surface area contributed by atoms with Gasteiger partial charge < -0.3 is 5.32 Å². The first-order valence-corrected chi connectivity index (χ1v) is 10.4. The Morgan fingerprint density at radius 1 is 1.03 bits per heavy atom. The van der Waals surface area contributed by atoms with Crippen LogP contribution in [0.15, 0.2) is 48.5 Å². The molecule has 0 atom stereocenters. The molecule has 2 N–H and O–H groups in total. The van der Waals surface area contributed by atoms with Crippen LogP contribution < -0.4 is 10.6 Å². The summed E-state index contributed by atoms with van der Waals surface area (Å²) >= 11 is 5.29. The van der Waals surface area contributed by atoms with Gasteiger partial charge in [-0.25, -0.2) is 0 Å². The lowest BCUT2D eigenvalue weighted by atomic mass is 9.80. The highest BCUT2D eigenvalue weighted by Gasteiger charge is 2.35. The molecule has 5 heteroatoms. The quantitative estimate of drug-likeness (QED) is 0.667. The second-order valence-electron chi connectivity index (χ2n) is 8.71. The van der Waals surface area contributed by atoms with E-state index >= 15 is 0 Å².